The molecule has 0 saturated carbocycles. The Balaban J connectivity index is 1.86. The Morgan fingerprint density at radius 1 is 1.11 bits per heavy atom. The van der Waals surface area contributed by atoms with Gasteiger partial charge in [0.15, 0.2) is 0 Å². The maximum Gasteiger partial charge on any atom is 0.336 e. The van der Waals surface area contributed by atoms with Gasteiger partial charge in [-0.3, -0.25) is 9.69 Å². The number of amides is 1. The van der Waals surface area contributed by atoms with Crippen LogP contribution in [-0.2, 0) is 14.3 Å². The molecule has 2 aromatic rings. The van der Waals surface area contributed by atoms with E-state index in [1.807, 2.05) is 0 Å². The Morgan fingerprint density at radius 3 is 2.64 bits per heavy atom. The average molecular weight is 400 g/mol. The first-order valence-electron chi connectivity index (χ1n) is 8.74. The van der Waals surface area contributed by atoms with Gasteiger partial charge in [0.25, 0.3) is 0 Å². The van der Waals surface area contributed by atoms with Gasteiger partial charge in [-0.15, -0.1) is 0 Å². The molecule has 28 heavy (non-hydrogen) atoms. The van der Waals surface area contributed by atoms with E-state index in [2.05, 4.69) is 0 Å². The smallest absolute Gasteiger partial charge is 0.336 e. The normalized spacial score (nSPS) is 18.8. The summed E-state index contributed by atoms with van der Waals surface area (Å²) >= 11 is 6.10. The summed E-state index contributed by atoms with van der Waals surface area (Å²) in [6.07, 6.45) is 0.101. The van der Waals surface area contributed by atoms with E-state index in [0.29, 0.717) is 39.0 Å². The minimum atomic E-state index is -0.474. The zero-order chi connectivity index (χ0) is 19.8. The fraction of sp³-hybridized carbons (Fsp3) is 0.238. The van der Waals surface area contributed by atoms with Crippen molar-refractivity contribution in [2.45, 2.75) is 12.3 Å². The molecular formula is C21H18ClNO5. The van der Waals surface area contributed by atoms with E-state index in [-0.39, 0.29) is 18.9 Å². The lowest BCUT2D eigenvalue weighted by Gasteiger charge is -2.32. The summed E-state index contributed by atoms with van der Waals surface area (Å²) in [5, 5.41) is 0.509. The summed E-state index contributed by atoms with van der Waals surface area (Å²) < 4.78 is 16.1. The fourth-order valence-electron chi connectivity index (χ4n) is 3.75. The number of nitrogens with zero attached hydrogens (tertiary/aromatic N) is 1. The molecule has 2 aromatic carbocycles. The summed E-state index contributed by atoms with van der Waals surface area (Å²) in [4.78, 5) is 27.2. The van der Waals surface area contributed by atoms with E-state index in [4.69, 9.17) is 25.8 Å². The zero-order valence-corrected chi connectivity index (χ0v) is 16.2. The van der Waals surface area contributed by atoms with Gasteiger partial charge in [0.1, 0.15) is 18.1 Å². The Labute approximate surface area is 167 Å². The highest BCUT2D eigenvalue weighted by Crippen LogP contribution is 2.45. The van der Waals surface area contributed by atoms with Gasteiger partial charge in [-0.1, -0.05) is 17.7 Å². The molecule has 4 rings (SSSR count). The Morgan fingerprint density at radius 2 is 1.93 bits per heavy atom. The van der Waals surface area contributed by atoms with Gasteiger partial charge in [-0.05, 0) is 36.4 Å². The van der Waals surface area contributed by atoms with E-state index < -0.39 is 11.9 Å². The van der Waals surface area contributed by atoms with Crippen LogP contribution in [0.4, 0.5) is 5.69 Å². The third-order valence-corrected chi connectivity index (χ3v) is 5.23. The lowest BCUT2D eigenvalue weighted by Crippen LogP contribution is -2.37. The third kappa shape index (κ3) is 2.99. The summed E-state index contributed by atoms with van der Waals surface area (Å²) in [5.74, 6) is 0.159. The van der Waals surface area contributed by atoms with E-state index >= 15 is 0 Å². The van der Waals surface area contributed by atoms with E-state index in [0.717, 1.165) is 0 Å². The van der Waals surface area contributed by atoms with Crippen LogP contribution in [0.5, 0.6) is 11.5 Å². The number of rotatable bonds is 4. The number of carbonyl (C=O) groups excluding carboxylic acids is 2. The fourth-order valence-corrected chi connectivity index (χ4v) is 3.93. The summed E-state index contributed by atoms with van der Waals surface area (Å²) in [6, 6.07) is 12.3. The van der Waals surface area contributed by atoms with E-state index in [9.17, 15) is 9.59 Å². The highest BCUT2D eigenvalue weighted by molar-refractivity contribution is 6.31. The standard InChI is InChI=1S/C21H18ClNO5/c1-26-14-6-7-18(27-2)15(9-14)16-10-19(24)23(13-5-3-4-12(22)8-13)17-11-28-21(25)20(16)17/h3-9,16H,10-11H2,1-2H3/t16-/m1/s1. The minimum absolute atomic E-state index is 0.0369. The first-order chi connectivity index (χ1) is 13.5. The maximum atomic E-state index is 13.1. The Bertz CT molecular complexity index is 1000. The van der Waals surface area contributed by atoms with Crippen molar-refractivity contribution >= 4 is 29.2 Å². The number of hydrogen-bond donors (Lipinski definition) is 0. The molecule has 0 unspecified atom stereocenters. The molecule has 2 heterocycles. The van der Waals surface area contributed by atoms with Crippen molar-refractivity contribution in [1.82, 2.24) is 0 Å². The van der Waals surface area contributed by atoms with Gasteiger partial charge in [0, 0.05) is 22.9 Å². The number of methoxy groups -OCH3 is 2. The first-order valence-corrected chi connectivity index (χ1v) is 9.12. The minimum Gasteiger partial charge on any atom is -0.497 e. The first kappa shape index (κ1) is 18.4. The number of halogens is 1. The van der Waals surface area contributed by atoms with Crippen molar-refractivity contribution in [3.05, 3.63) is 64.3 Å². The maximum absolute atomic E-state index is 13.1. The zero-order valence-electron chi connectivity index (χ0n) is 15.4. The molecule has 144 valence electrons. The topological polar surface area (TPSA) is 65.1 Å². The van der Waals surface area contributed by atoms with Gasteiger partial charge in [0.05, 0.1) is 31.2 Å². The molecule has 0 aromatic heterocycles. The number of anilines is 1. The molecule has 2 aliphatic rings. The summed E-state index contributed by atoms with van der Waals surface area (Å²) in [6.45, 7) is 0.0369. The molecule has 0 bridgehead atoms. The highest BCUT2D eigenvalue weighted by atomic mass is 35.5. The van der Waals surface area contributed by atoms with Crippen LogP contribution in [0.2, 0.25) is 5.02 Å². The van der Waals surface area contributed by atoms with Crippen LogP contribution >= 0.6 is 11.6 Å². The van der Waals surface area contributed by atoms with Crippen LogP contribution in [0.1, 0.15) is 17.9 Å². The van der Waals surface area contributed by atoms with Crippen LogP contribution in [0.3, 0.4) is 0 Å². The monoisotopic (exact) mass is 399 g/mol. The predicted molar refractivity (Wildman–Crippen MR) is 104 cm³/mol. The second-order valence-corrected chi connectivity index (χ2v) is 6.95. The van der Waals surface area contributed by atoms with Crippen LogP contribution < -0.4 is 14.4 Å². The van der Waals surface area contributed by atoms with Crippen LogP contribution in [0.25, 0.3) is 0 Å². The van der Waals surface area contributed by atoms with Crippen molar-refractivity contribution < 1.29 is 23.8 Å². The number of cyclic esters (lactones) is 1. The Kier molecular flexibility index (Phi) is 4.73. The van der Waals surface area contributed by atoms with Gasteiger partial charge in [-0.25, -0.2) is 4.79 Å². The number of carbonyl (C=O) groups is 2. The van der Waals surface area contributed by atoms with E-state index in [1.165, 1.54) is 4.90 Å². The van der Waals surface area contributed by atoms with Crippen molar-refractivity contribution in [1.29, 1.82) is 0 Å². The molecule has 0 N–H and O–H groups in total. The number of ether oxygens (including phenoxy) is 3. The van der Waals surface area contributed by atoms with Crippen LogP contribution in [0, 0.1) is 0 Å². The highest BCUT2D eigenvalue weighted by Gasteiger charge is 2.43. The van der Waals surface area contributed by atoms with Crippen LogP contribution in [-0.4, -0.2) is 32.7 Å². The van der Waals surface area contributed by atoms with Crippen LogP contribution in [0.15, 0.2) is 53.7 Å². The molecule has 6 nitrogen and oxygen atoms in total. The lowest BCUT2D eigenvalue weighted by atomic mass is 9.83. The summed E-state index contributed by atoms with van der Waals surface area (Å²) in [7, 11) is 3.11. The SMILES string of the molecule is COc1ccc(OC)c([C@H]2CC(=O)N(c3cccc(Cl)c3)C3=C2C(=O)OC3)c1. The van der Waals surface area contributed by atoms with Crippen molar-refractivity contribution in [3.63, 3.8) is 0 Å². The predicted octanol–water partition coefficient (Wildman–Crippen LogP) is 3.69. The average Bonchev–Trinajstić information content (AvgIpc) is 3.08. The van der Waals surface area contributed by atoms with Crippen molar-refractivity contribution in [3.8, 4) is 11.5 Å². The molecule has 0 aliphatic carbocycles. The molecule has 2 aliphatic heterocycles. The van der Waals surface area contributed by atoms with Gasteiger partial charge < -0.3 is 14.2 Å². The molecule has 0 fully saturated rings. The second kappa shape index (κ2) is 7.20. The largest absolute Gasteiger partial charge is 0.497 e. The van der Waals surface area contributed by atoms with Gasteiger partial charge in [0.2, 0.25) is 5.91 Å². The quantitative estimate of drug-likeness (QED) is 0.733. The summed E-state index contributed by atoms with van der Waals surface area (Å²) in [5.41, 5.74) is 2.33. The second-order valence-electron chi connectivity index (χ2n) is 6.51. The molecule has 0 radical (unpaired) electrons. The van der Waals surface area contributed by atoms with Crippen molar-refractivity contribution in [2.75, 3.05) is 25.7 Å². The van der Waals surface area contributed by atoms with Gasteiger partial charge in [-0.2, -0.15) is 0 Å². The molecule has 1 amide bonds. The molecule has 1 atom stereocenters. The van der Waals surface area contributed by atoms with E-state index in [1.54, 1.807) is 56.7 Å². The number of hydrogen-bond acceptors (Lipinski definition) is 5. The molecule has 7 heteroatoms. The molecule has 0 saturated heterocycles. The van der Waals surface area contributed by atoms with Gasteiger partial charge >= 0.3 is 5.97 Å². The lowest BCUT2D eigenvalue weighted by molar-refractivity contribution is -0.136. The van der Waals surface area contributed by atoms with Crippen molar-refractivity contribution in [2.24, 2.45) is 0 Å². The molecular weight excluding hydrogens is 382 g/mol. The third-order valence-electron chi connectivity index (χ3n) is 5.00. The number of benzene rings is 2. The Hall–Kier alpha value is -2.99. The number of esters is 1. The molecule has 0 spiro atoms.